The molecule has 1 aromatic rings. The van der Waals surface area contributed by atoms with Gasteiger partial charge in [-0.3, -0.25) is 14.4 Å². The van der Waals surface area contributed by atoms with Crippen LogP contribution in [-0.2, 0) is 54.2 Å². The first-order valence-corrected chi connectivity index (χ1v) is 13.6. The van der Waals surface area contributed by atoms with E-state index in [2.05, 4.69) is 5.32 Å². The molecule has 4 aliphatic heterocycles. The predicted octanol–water partition coefficient (Wildman–Crippen LogP) is -0.155. The van der Waals surface area contributed by atoms with Gasteiger partial charge >= 0.3 is 17.9 Å². The maximum atomic E-state index is 13.6. The van der Waals surface area contributed by atoms with Gasteiger partial charge in [-0.2, -0.15) is 5.06 Å². The van der Waals surface area contributed by atoms with E-state index >= 15 is 0 Å². The van der Waals surface area contributed by atoms with Crippen LogP contribution in [0.3, 0.4) is 0 Å². The number of hydroxylamine groups is 2. The van der Waals surface area contributed by atoms with Crippen molar-refractivity contribution >= 4 is 29.9 Å². The van der Waals surface area contributed by atoms with Crippen molar-refractivity contribution in [1.29, 1.82) is 0 Å². The zero-order valence-corrected chi connectivity index (χ0v) is 22.6. The third kappa shape index (κ3) is 4.61. The number of hydrogen-bond donors (Lipinski definition) is 2. The molecule has 4 saturated heterocycles. The lowest BCUT2D eigenvalue weighted by atomic mass is 9.62. The Hall–Kier alpha value is -3.36. The SMILES string of the molecule is CC1(C)COC(=O)[C@@H]1OC(=O)C=Cc1ccccc1CN1O[C@@H]2[C@H]3OCO[C@H]3[C@@H]3C[C@]2(C(=O)NCCO)[C@@H]1C(=O)O3. The molecule has 4 heterocycles. The molecular formula is C28H32N2O11. The van der Waals surface area contributed by atoms with E-state index in [0.29, 0.717) is 11.1 Å². The van der Waals surface area contributed by atoms with Crippen LogP contribution in [-0.4, -0.2) is 97.1 Å². The fourth-order valence-corrected chi connectivity index (χ4v) is 6.42. The second-order valence-electron chi connectivity index (χ2n) is 11.5. The number of nitrogens with zero attached hydrogens (tertiary/aromatic N) is 1. The van der Waals surface area contributed by atoms with E-state index < -0.39 is 71.2 Å². The van der Waals surface area contributed by atoms with Gasteiger partial charge in [0.05, 0.1) is 13.2 Å². The van der Waals surface area contributed by atoms with Crippen molar-refractivity contribution in [2.45, 2.75) is 63.4 Å². The first kappa shape index (κ1) is 27.8. The van der Waals surface area contributed by atoms with Crippen molar-refractivity contribution in [1.82, 2.24) is 10.4 Å². The Labute approximate surface area is 235 Å². The molecule has 41 heavy (non-hydrogen) atoms. The van der Waals surface area contributed by atoms with Crippen LogP contribution in [0.1, 0.15) is 31.4 Å². The van der Waals surface area contributed by atoms with Gasteiger partial charge in [-0.25, -0.2) is 9.59 Å². The normalized spacial score (nSPS) is 35.2. The smallest absolute Gasteiger partial charge is 0.348 e. The van der Waals surface area contributed by atoms with Crippen molar-refractivity contribution in [3.05, 3.63) is 41.5 Å². The number of amides is 1. The third-order valence-electron chi connectivity index (χ3n) is 8.42. The number of aliphatic hydroxyl groups is 1. The minimum absolute atomic E-state index is 0.0122. The zero-order chi connectivity index (χ0) is 28.9. The number of nitrogens with one attached hydrogen (secondary N) is 1. The Bertz CT molecular complexity index is 1280. The van der Waals surface area contributed by atoms with Crippen molar-refractivity contribution in [2.24, 2.45) is 10.8 Å². The summed E-state index contributed by atoms with van der Waals surface area (Å²) in [6, 6.07) is 6.09. The van der Waals surface area contributed by atoms with Gasteiger partial charge in [0.2, 0.25) is 12.0 Å². The van der Waals surface area contributed by atoms with E-state index in [-0.39, 0.29) is 39.5 Å². The number of carbonyl (C=O) groups excluding carboxylic acids is 4. The molecule has 1 amide bonds. The lowest BCUT2D eigenvalue weighted by Gasteiger charge is -2.48. The number of hydrogen-bond acceptors (Lipinski definition) is 12. The van der Waals surface area contributed by atoms with Crippen LogP contribution < -0.4 is 5.32 Å². The molecule has 1 aromatic carbocycles. The second-order valence-corrected chi connectivity index (χ2v) is 11.5. The fraction of sp³-hybridized carbons (Fsp3) is 0.571. The molecule has 5 fully saturated rings. The molecule has 0 aromatic heterocycles. The second kappa shape index (κ2) is 10.5. The average Bonchev–Trinajstić information content (AvgIpc) is 3.63. The summed E-state index contributed by atoms with van der Waals surface area (Å²) < 4.78 is 27.6. The van der Waals surface area contributed by atoms with Gasteiger partial charge in [0.25, 0.3) is 0 Å². The summed E-state index contributed by atoms with van der Waals surface area (Å²) in [6.45, 7) is 3.54. The molecule has 220 valence electrons. The Morgan fingerprint density at radius 1 is 1.17 bits per heavy atom. The highest BCUT2D eigenvalue weighted by molar-refractivity contribution is 5.94. The van der Waals surface area contributed by atoms with E-state index in [4.69, 9.17) is 28.5 Å². The minimum Gasteiger partial charge on any atom is -0.462 e. The summed E-state index contributed by atoms with van der Waals surface area (Å²) in [4.78, 5) is 57.9. The molecule has 13 heteroatoms. The quantitative estimate of drug-likeness (QED) is 0.241. The van der Waals surface area contributed by atoms with Gasteiger partial charge < -0.3 is 34.1 Å². The summed E-state index contributed by atoms with van der Waals surface area (Å²) in [5, 5.41) is 13.5. The van der Waals surface area contributed by atoms with Gasteiger partial charge in [0.15, 0.2) is 6.04 Å². The Morgan fingerprint density at radius 3 is 2.71 bits per heavy atom. The Balaban J connectivity index is 1.25. The van der Waals surface area contributed by atoms with Gasteiger partial charge in [0.1, 0.15) is 43.2 Å². The van der Waals surface area contributed by atoms with Crippen LogP contribution in [0.4, 0.5) is 0 Å². The lowest BCUT2D eigenvalue weighted by molar-refractivity contribution is -0.201. The number of ether oxygens (including phenoxy) is 5. The Kier molecular flexibility index (Phi) is 7.10. The number of fused-ring (bicyclic) bond motifs is 4. The van der Waals surface area contributed by atoms with E-state index in [1.165, 1.54) is 11.1 Å². The van der Waals surface area contributed by atoms with Crippen LogP contribution in [0, 0.1) is 10.8 Å². The number of aliphatic hydroxyl groups excluding tert-OH is 1. The van der Waals surface area contributed by atoms with Crippen molar-refractivity contribution < 1.29 is 52.8 Å². The highest BCUT2D eigenvalue weighted by Gasteiger charge is 2.74. The number of carbonyl (C=O) groups is 4. The molecule has 2 bridgehead atoms. The van der Waals surface area contributed by atoms with Gasteiger partial charge in [-0.05, 0) is 17.2 Å². The molecule has 0 spiro atoms. The van der Waals surface area contributed by atoms with E-state index in [1.54, 1.807) is 44.2 Å². The molecule has 5 aliphatic rings. The summed E-state index contributed by atoms with van der Waals surface area (Å²) >= 11 is 0. The maximum Gasteiger partial charge on any atom is 0.348 e. The number of benzene rings is 1. The van der Waals surface area contributed by atoms with Crippen molar-refractivity contribution in [2.75, 3.05) is 26.6 Å². The summed E-state index contributed by atoms with van der Waals surface area (Å²) in [7, 11) is 0. The monoisotopic (exact) mass is 572 g/mol. The zero-order valence-electron chi connectivity index (χ0n) is 22.6. The first-order valence-electron chi connectivity index (χ1n) is 13.6. The molecule has 6 rings (SSSR count). The lowest BCUT2D eigenvalue weighted by Crippen LogP contribution is -2.69. The molecule has 2 N–H and O–H groups in total. The van der Waals surface area contributed by atoms with Crippen molar-refractivity contribution in [3.8, 4) is 0 Å². The number of rotatable bonds is 8. The molecular weight excluding hydrogens is 540 g/mol. The average molecular weight is 573 g/mol. The molecule has 1 aliphatic carbocycles. The molecule has 7 atom stereocenters. The minimum atomic E-state index is -1.32. The molecule has 0 radical (unpaired) electrons. The summed E-state index contributed by atoms with van der Waals surface area (Å²) in [6.07, 6.45) is -0.738. The predicted molar refractivity (Wildman–Crippen MR) is 136 cm³/mol. The van der Waals surface area contributed by atoms with Crippen LogP contribution in [0.5, 0.6) is 0 Å². The molecule has 13 nitrogen and oxygen atoms in total. The Morgan fingerprint density at radius 2 is 1.95 bits per heavy atom. The van der Waals surface area contributed by atoms with Gasteiger partial charge in [-0.1, -0.05) is 38.1 Å². The fourth-order valence-electron chi connectivity index (χ4n) is 6.42. The highest BCUT2D eigenvalue weighted by atomic mass is 16.8. The largest absolute Gasteiger partial charge is 0.462 e. The van der Waals surface area contributed by atoms with Crippen molar-refractivity contribution in [3.63, 3.8) is 0 Å². The molecule has 0 unspecified atom stereocenters. The summed E-state index contributed by atoms with van der Waals surface area (Å²) in [5.74, 6) is -2.32. The number of esters is 3. The van der Waals surface area contributed by atoms with Gasteiger partial charge in [-0.15, -0.1) is 0 Å². The molecule has 1 saturated carbocycles. The van der Waals surface area contributed by atoms with Crippen LogP contribution in [0.25, 0.3) is 6.08 Å². The standard InChI is InChI=1S/C28H32N2O11/c1-27(2)13-36-25(34)23(27)40-18(32)8-7-15-5-3-4-6-16(15)12-30-21-24(33)39-17-11-28(21,26(35)29-9-10-31)22(41-30)20-19(17)37-14-38-20/h3-8,17,19-23,31H,9-14H2,1-2H3,(H,29,35)/t17-,19-,20-,21-,22+,23-,28-/m0/s1. The van der Waals surface area contributed by atoms with E-state index in [0.717, 1.165) is 0 Å². The van der Waals surface area contributed by atoms with Crippen LogP contribution in [0.15, 0.2) is 30.3 Å². The first-order chi connectivity index (χ1) is 19.7. The highest BCUT2D eigenvalue weighted by Crippen LogP contribution is 2.55. The topological polar surface area (TPSA) is 159 Å². The van der Waals surface area contributed by atoms with E-state index in [1.807, 2.05) is 0 Å². The van der Waals surface area contributed by atoms with Crippen LogP contribution >= 0.6 is 0 Å². The maximum absolute atomic E-state index is 13.6. The number of cyclic esters (lactones) is 1. The third-order valence-corrected chi connectivity index (χ3v) is 8.42. The summed E-state index contributed by atoms with van der Waals surface area (Å²) in [5.41, 5.74) is -0.629. The van der Waals surface area contributed by atoms with Crippen LogP contribution in [0.2, 0.25) is 0 Å². The van der Waals surface area contributed by atoms with Gasteiger partial charge in [0, 0.05) is 24.5 Å². The van der Waals surface area contributed by atoms with E-state index in [9.17, 15) is 24.3 Å².